The monoisotopic (exact) mass is 426 g/mol. The molecule has 0 unspecified atom stereocenters. The molecule has 0 atom stereocenters. The quantitative estimate of drug-likeness (QED) is 0.251. The fourth-order valence-corrected chi connectivity index (χ4v) is 3.43. The van der Waals surface area contributed by atoms with Gasteiger partial charge in [-0.05, 0) is 64.3 Å². The van der Waals surface area contributed by atoms with Crippen molar-refractivity contribution in [3.8, 4) is 11.5 Å². The highest BCUT2D eigenvalue weighted by molar-refractivity contribution is 5.90. The maximum absolute atomic E-state index is 13.0. The molecule has 2 aromatic rings. The third-order valence-electron chi connectivity index (χ3n) is 5.33. The summed E-state index contributed by atoms with van der Waals surface area (Å²) in [4.78, 5) is 13.0. The number of rotatable bonds is 12. The molecule has 5 heteroatoms. The largest absolute Gasteiger partial charge is 0.485 e. The van der Waals surface area contributed by atoms with E-state index in [2.05, 4.69) is 39.8 Å². The number of fused-ring (bicyclic) bond motifs is 1. The van der Waals surface area contributed by atoms with Crippen molar-refractivity contribution in [2.24, 2.45) is 7.05 Å². The Kier molecular flexibility index (Phi) is 9.70. The molecule has 0 saturated carbocycles. The van der Waals surface area contributed by atoms with Gasteiger partial charge < -0.3 is 19.8 Å². The molecular weight excluding hydrogens is 388 g/mol. The Morgan fingerprint density at radius 3 is 2.55 bits per heavy atom. The zero-order chi connectivity index (χ0) is 22.8. The molecule has 1 aromatic carbocycles. The van der Waals surface area contributed by atoms with Crippen molar-refractivity contribution in [3.63, 3.8) is 0 Å². The number of aryl methyl sites for hydroxylation is 1. The van der Waals surface area contributed by atoms with Gasteiger partial charge in [0.1, 0.15) is 6.61 Å². The number of nitrogens with zero attached hydrogens (tertiary/aromatic N) is 1. The lowest BCUT2D eigenvalue weighted by Crippen LogP contribution is -2.21. The number of unbranched alkanes of at least 4 members (excludes halogenated alkanes) is 3. The minimum Gasteiger partial charge on any atom is -0.485 e. The van der Waals surface area contributed by atoms with Crippen molar-refractivity contribution in [1.82, 2.24) is 4.57 Å². The van der Waals surface area contributed by atoms with Gasteiger partial charge in [-0.25, -0.2) is 0 Å². The number of benzene rings is 1. The van der Waals surface area contributed by atoms with E-state index in [0.29, 0.717) is 24.7 Å². The smallest absolute Gasteiger partial charge is 0.297 e. The second-order valence-corrected chi connectivity index (χ2v) is 8.39. The van der Waals surface area contributed by atoms with E-state index in [4.69, 9.17) is 15.2 Å². The maximum Gasteiger partial charge on any atom is 0.297 e. The first-order chi connectivity index (χ1) is 14.8. The van der Waals surface area contributed by atoms with E-state index in [0.717, 1.165) is 43.0 Å². The molecule has 1 aromatic heterocycles. The number of hydrogen-bond donors (Lipinski definition) is 1. The van der Waals surface area contributed by atoms with Crippen molar-refractivity contribution in [3.05, 3.63) is 51.9 Å². The molecule has 0 amide bonds. The normalized spacial score (nSPS) is 11.6. The van der Waals surface area contributed by atoms with E-state index >= 15 is 0 Å². The van der Waals surface area contributed by atoms with Crippen molar-refractivity contribution in [1.29, 1.82) is 0 Å². The van der Waals surface area contributed by atoms with E-state index in [-0.39, 0.29) is 11.3 Å². The average molecular weight is 427 g/mol. The average Bonchev–Trinajstić information content (AvgIpc) is 2.72. The number of aromatic nitrogens is 1. The number of allylic oxidation sites excluding steroid dienone is 3. The van der Waals surface area contributed by atoms with Crippen LogP contribution in [0.15, 0.2) is 46.3 Å². The predicted octanol–water partition coefficient (Wildman–Crippen LogP) is 6.15. The predicted molar refractivity (Wildman–Crippen MR) is 131 cm³/mol. The summed E-state index contributed by atoms with van der Waals surface area (Å²) in [6.45, 7) is 9.39. The molecule has 0 saturated heterocycles. The third kappa shape index (κ3) is 7.20. The molecule has 0 bridgehead atoms. The minimum atomic E-state index is -0.201. The van der Waals surface area contributed by atoms with E-state index in [1.165, 1.54) is 17.6 Å². The summed E-state index contributed by atoms with van der Waals surface area (Å²) >= 11 is 0. The molecule has 5 nitrogen and oxygen atoms in total. The molecule has 0 aliphatic carbocycles. The Balaban J connectivity index is 2.28. The van der Waals surface area contributed by atoms with Gasteiger partial charge in [-0.2, -0.15) is 0 Å². The fraction of sp³-hybridized carbons (Fsp3) is 0.500. The molecule has 170 valence electrons. The van der Waals surface area contributed by atoms with Gasteiger partial charge in [0.15, 0.2) is 5.75 Å². The van der Waals surface area contributed by atoms with E-state index in [1.54, 1.807) is 17.7 Å². The number of anilines is 1. The standard InChI is InChI=1S/C26H38N2O3/c1-6-7-8-9-16-30-25-24(31-17-15-20(4)12-10-11-19(2)3)22-14-13-21(27)18-23(22)28(5)26(25)29/h11,13-15,18H,6-10,12,16-17,27H2,1-5H3/b20-15+. The Morgan fingerprint density at radius 1 is 1.06 bits per heavy atom. The summed E-state index contributed by atoms with van der Waals surface area (Å²) in [5, 5.41) is 0.829. The highest BCUT2D eigenvalue weighted by Crippen LogP contribution is 2.33. The van der Waals surface area contributed by atoms with Crippen LogP contribution in [0.4, 0.5) is 5.69 Å². The number of nitrogens with two attached hydrogens (primary N) is 1. The first kappa shape index (κ1) is 24.6. The highest BCUT2D eigenvalue weighted by Gasteiger charge is 2.18. The first-order valence-corrected chi connectivity index (χ1v) is 11.3. The van der Waals surface area contributed by atoms with Crippen LogP contribution in [0.1, 0.15) is 66.2 Å². The zero-order valence-electron chi connectivity index (χ0n) is 19.8. The lowest BCUT2D eigenvalue weighted by atomic mass is 10.1. The van der Waals surface area contributed by atoms with Gasteiger partial charge in [-0.3, -0.25) is 4.79 Å². The summed E-state index contributed by atoms with van der Waals surface area (Å²) < 4.78 is 13.7. The van der Waals surface area contributed by atoms with Crippen LogP contribution < -0.4 is 20.8 Å². The van der Waals surface area contributed by atoms with Crippen LogP contribution in [-0.4, -0.2) is 17.8 Å². The van der Waals surface area contributed by atoms with Gasteiger partial charge in [-0.15, -0.1) is 0 Å². The topological polar surface area (TPSA) is 66.5 Å². The van der Waals surface area contributed by atoms with Gasteiger partial charge in [0.2, 0.25) is 5.75 Å². The van der Waals surface area contributed by atoms with Gasteiger partial charge >= 0.3 is 0 Å². The van der Waals surface area contributed by atoms with Crippen molar-refractivity contribution in [2.75, 3.05) is 18.9 Å². The molecular formula is C26H38N2O3. The summed E-state index contributed by atoms with van der Waals surface area (Å²) in [6.07, 6.45) is 10.6. The number of ether oxygens (including phenoxy) is 2. The Bertz CT molecular complexity index is 982. The van der Waals surface area contributed by atoms with Crippen LogP contribution in [-0.2, 0) is 7.05 Å². The second kappa shape index (κ2) is 12.2. The molecule has 2 rings (SSSR count). The summed E-state index contributed by atoms with van der Waals surface area (Å²) in [5.74, 6) is 0.786. The van der Waals surface area contributed by atoms with Crippen LogP contribution in [0.3, 0.4) is 0 Å². The molecule has 0 radical (unpaired) electrons. The number of nitrogen functional groups attached to an aromatic ring is 1. The fourth-order valence-electron chi connectivity index (χ4n) is 3.43. The molecule has 0 aliphatic heterocycles. The van der Waals surface area contributed by atoms with Crippen molar-refractivity contribution >= 4 is 16.6 Å². The molecule has 2 N–H and O–H groups in total. The van der Waals surface area contributed by atoms with Crippen LogP contribution >= 0.6 is 0 Å². The van der Waals surface area contributed by atoms with Gasteiger partial charge in [0.05, 0.1) is 12.1 Å². The second-order valence-electron chi connectivity index (χ2n) is 8.39. The lowest BCUT2D eigenvalue weighted by Gasteiger charge is -2.17. The van der Waals surface area contributed by atoms with Gasteiger partial charge in [0.25, 0.3) is 5.56 Å². The summed E-state index contributed by atoms with van der Waals surface area (Å²) in [6, 6.07) is 5.52. The Labute approximate surface area is 186 Å². The summed E-state index contributed by atoms with van der Waals surface area (Å²) in [7, 11) is 1.74. The van der Waals surface area contributed by atoms with E-state index in [9.17, 15) is 4.79 Å². The number of hydrogen-bond acceptors (Lipinski definition) is 4. The molecule has 0 spiro atoms. The van der Waals surface area contributed by atoms with Crippen LogP contribution in [0.5, 0.6) is 11.5 Å². The zero-order valence-corrected chi connectivity index (χ0v) is 19.8. The lowest BCUT2D eigenvalue weighted by molar-refractivity contribution is 0.273. The molecule has 0 fully saturated rings. The van der Waals surface area contributed by atoms with E-state index < -0.39 is 0 Å². The summed E-state index contributed by atoms with van der Waals surface area (Å²) in [5.41, 5.74) is 9.70. The van der Waals surface area contributed by atoms with Crippen LogP contribution in [0, 0.1) is 0 Å². The first-order valence-electron chi connectivity index (χ1n) is 11.3. The Hall–Kier alpha value is -2.69. The maximum atomic E-state index is 13.0. The van der Waals surface area contributed by atoms with Gasteiger partial charge in [-0.1, -0.05) is 43.4 Å². The van der Waals surface area contributed by atoms with Crippen molar-refractivity contribution in [2.45, 2.75) is 66.2 Å². The van der Waals surface area contributed by atoms with E-state index in [1.807, 2.05) is 12.1 Å². The molecule has 0 aliphatic rings. The van der Waals surface area contributed by atoms with Crippen LogP contribution in [0.2, 0.25) is 0 Å². The van der Waals surface area contributed by atoms with Gasteiger partial charge in [0, 0.05) is 18.1 Å². The third-order valence-corrected chi connectivity index (χ3v) is 5.33. The molecule has 1 heterocycles. The number of pyridine rings is 1. The molecule has 31 heavy (non-hydrogen) atoms. The highest BCUT2D eigenvalue weighted by atomic mass is 16.5. The van der Waals surface area contributed by atoms with Crippen molar-refractivity contribution < 1.29 is 9.47 Å². The minimum absolute atomic E-state index is 0.201. The SMILES string of the molecule is CCCCCCOc1c(OC/C=C(\C)CCC=C(C)C)c2ccc(N)cc2n(C)c1=O. The van der Waals surface area contributed by atoms with Crippen LogP contribution in [0.25, 0.3) is 10.9 Å². The Morgan fingerprint density at radius 2 is 1.84 bits per heavy atom.